The molecule has 0 atom stereocenters. The number of furan rings is 1. The minimum absolute atomic E-state index is 0.745. The molecule has 0 bridgehead atoms. The van der Waals surface area contributed by atoms with E-state index >= 15 is 0 Å². The van der Waals surface area contributed by atoms with E-state index in [2.05, 4.69) is 12.2 Å². The molecule has 1 N–H and O–H groups in total. The Balaban J connectivity index is 1.90. The molecule has 0 saturated carbocycles. The van der Waals surface area contributed by atoms with Crippen molar-refractivity contribution in [1.82, 2.24) is 5.32 Å². The van der Waals surface area contributed by atoms with E-state index in [4.69, 9.17) is 16.0 Å². The van der Waals surface area contributed by atoms with Crippen molar-refractivity contribution in [3.63, 3.8) is 0 Å². The lowest BCUT2D eigenvalue weighted by Gasteiger charge is -2.07. The fourth-order valence-electron chi connectivity index (χ4n) is 1.59. The fraction of sp³-hybridized carbons (Fsp3) is 0.231. The summed E-state index contributed by atoms with van der Waals surface area (Å²) in [7, 11) is 0. The van der Waals surface area contributed by atoms with Gasteiger partial charge >= 0.3 is 0 Å². The molecule has 84 valence electrons. The van der Waals surface area contributed by atoms with Crippen LogP contribution in [0.2, 0.25) is 5.02 Å². The van der Waals surface area contributed by atoms with Crippen molar-refractivity contribution >= 4 is 11.6 Å². The summed E-state index contributed by atoms with van der Waals surface area (Å²) in [6, 6.07) is 9.79. The van der Waals surface area contributed by atoms with E-state index in [9.17, 15) is 0 Å². The SMILES string of the molecule is Cc1cc(Cl)ccc1CNCc1ccco1. The Hall–Kier alpha value is -1.25. The summed E-state index contributed by atoms with van der Waals surface area (Å²) in [5.74, 6) is 0.951. The maximum atomic E-state index is 5.90. The summed E-state index contributed by atoms with van der Waals surface area (Å²) in [5.41, 5.74) is 2.47. The third-order valence-corrected chi connectivity index (χ3v) is 2.73. The minimum atomic E-state index is 0.745. The largest absolute Gasteiger partial charge is 0.468 e. The van der Waals surface area contributed by atoms with Gasteiger partial charge in [-0.2, -0.15) is 0 Å². The number of hydrogen-bond donors (Lipinski definition) is 1. The van der Waals surface area contributed by atoms with E-state index in [0.29, 0.717) is 0 Å². The molecule has 0 fully saturated rings. The summed E-state index contributed by atoms with van der Waals surface area (Å²) >= 11 is 5.90. The lowest BCUT2D eigenvalue weighted by molar-refractivity contribution is 0.483. The van der Waals surface area contributed by atoms with Gasteiger partial charge in [0.2, 0.25) is 0 Å². The summed E-state index contributed by atoms with van der Waals surface area (Å²) in [6.45, 7) is 3.63. The summed E-state index contributed by atoms with van der Waals surface area (Å²) in [6.07, 6.45) is 1.69. The first kappa shape index (κ1) is 11.2. The highest BCUT2D eigenvalue weighted by Gasteiger charge is 2.00. The maximum absolute atomic E-state index is 5.90. The predicted octanol–water partition coefficient (Wildman–Crippen LogP) is 3.53. The van der Waals surface area contributed by atoms with Gasteiger partial charge in [-0.05, 0) is 42.3 Å². The van der Waals surface area contributed by atoms with Gasteiger partial charge in [-0.25, -0.2) is 0 Å². The standard InChI is InChI=1S/C13H14ClNO/c1-10-7-12(14)5-4-11(10)8-15-9-13-3-2-6-16-13/h2-7,15H,8-9H2,1H3. The molecule has 1 aromatic carbocycles. The van der Waals surface area contributed by atoms with Crippen LogP contribution in [0, 0.1) is 6.92 Å². The third-order valence-electron chi connectivity index (χ3n) is 2.50. The third kappa shape index (κ3) is 2.87. The highest BCUT2D eigenvalue weighted by Crippen LogP contribution is 2.15. The highest BCUT2D eigenvalue weighted by molar-refractivity contribution is 6.30. The molecule has 0 amide bonds. The van der Waals surface area contributed by atoms with Gasteiger partial charge in [0.1, 0.15) is 5.76 Å². The van der Waals surface area contributed by atoms with Crippen LogP contribution in [0.1, 0.15) is 16.9 Å². The van der Waals surface area contributed by atoms with Gasteiger partial charge in [0, 0.05) is 11.6 Å². The van der Waals surface area contributed by atoms with E-state index in [1.54, 1.807) is 6.26 Å². The van der Waals surface area contributed by atoms with Crippen LogP contribution < -0.4 is 5.32 Å². The fourth-order valence-corrected chi connectivity index (χ4v) is 1.82. The van der Waals surface area contributed by atoms with Crippen LogP contribution in [-0.2, 0) is 13.1 Å². The molecular formula is C13H14ClNO. The molecule has 0 aliphatic rings. The number of nitrogens with one attached hydrogen (secondary N) is 1. The molecule has 3 heteroatoms. The van der Waals surface area contributed by atoms with Crippen molar-refractivity contribution in [3.8, 4) is 0 Å². The van der Waals surface area contributed by atoms with Gasteiger partial charge in [0.15, 0.2) is 0 Å². The Labute approximate surface area is 100 Å². The van der Waals surface area contributed by atoms with Crippen molar-refractivity contribution in [2.24, 2.45) is 0 Å². The van der Waals surface area contributed by atoms with Crippen LogP contribution in [0.15, 0.2) is 41.0 Å². The van der Waals surface area contributed by atoms with Gasteiger partial charge in [-0.3, -0.25) is 0 Å². The van der Waals surface area contributed by atoms with Gasteiger partial charge in [-0.1, -0.05) is 17.7 Å². The van der Waals surface area contributed by atoms with E-state index < -0.39 is 0 Å². The monoisotopic (exact) mass is 235 g/mol. The Morgan fingerprint density at radius 1 is 1.25 bits per heavy atom. The summed E-state index contributed by atoms with van der Waals surface area (Å²) in [5, 5.41) is 4.11. The van der Waals surface area contributed by atoms with E-state index in [1.165, 1.54) is 11.1 Å². The molecule has 0 saturated heterocycles. The molecule has 1 heterocycles. The normalized spacial score (nSPS) is 10.6. The molecule has 0 radical (unpaired) electrons. The molecule has 1 aromatic heterocycles. The Bertz CT molecular complexity index is 451. The van der Waals surface area contributed by atoms with Crippen molar-refractivity contribution in [2.75, 3.05) is 0 Å². The van der Waals surface area contributed by atoms with Crippen LogP contribution in [0.3, 0.4) is 0 Å². The number of benzene rings is 1. The molecular weight excluding hydrogens is 222 g/mol. The van der Waals surface area contributed by atoms with Gasteiger partial charge in [-0.15, -0.1) is 0 Å². The highest BCUT2D eigenvalue weighted by atomic mass is 35.5. The average molecular weight is 236 g/mol. The summed E-state index contributed by atoms with van der Waals surface area (Å²) in [4.78, 5) is 0. The Kier molecular flexibility index (Phi) is 3.65. The molecule has 0 aliphatic heterocycles. The number of aryl methyl sites for hydroxylation is 1. The van der Waals surface area contributed by atoms with Crippen LogP contribution in [0.25, 0.3) is 0 Å². The maximum Gasteiger partial charge on any atom is 0.117 e. The van der Waals surface area contributed by atoms with E-state index in [-0.39, 0.29) is 0 Å². The lowest BCUT2D eigenvalue weighted by Crippen LogP contribution is -2.12. The van der Waals surface area contributed by atoms with Crippen LogP contribution >= 0.6 is 11.6 Å². The number of hydrogen-bond acceptors (Lipinski definition) is 2. The zero-order valence-electron chi connectivity index (χ0n) is 9.16. The van der Waals surface area contributed by atoms with E-state index in [0.717, 1.165) is 23.9 Å². The zero-order valence-corrected chi connectivity index (χ0v) is 9.92. The van der Waals surface area contributed by atoms with Crippen molar-refractivity contribution in [3.05, 3.63) is 58.5 Å². The average Bonchev–Trinajstić information content (AvgIpc) is 2.74. The van der Waals surface area contributed by atoms with Crippen LogP contribution in [0.5, 0.6) is 0 Å². The van der Waals surface area contributed by atoms with Crippen LogP contribution in [0.4, 0.5) is 0 Å². The Morgan fingerprint density at radius 3 is 2.81 bits per heavy atom. The smallest absolute Gasteiger partial charge is 0.117 e. The molecule has 0 aliphatic carbocycles. The number of rotatable bonds is 4. The first-order chi connectivity index (χ1) is 7.75. The molecule has 0 spiro atoms. The second-order valence-corrected chi connectivity index (χ2v) is 4.19. The quantitative estimate of drug-likeness (QED) is 0.877. The second kappa shape index (κ2) is 5.19. The second-order valence-electron chi connectivity index (χ2n) is 3.75. The zero-order chi connectivity index (χ0) is 11.4. The van der Waals surface area contributed by atoms with E-state index in [1.807, 2.05) is 30.3 Å². The number of halogens is 1. The van der Waals surface area contributed by atoms with Gasteiger partial charge < -0.3 is 9.73 Å². The molecule has 0 unspecified atom stereocenters. The van der Waals surface area contributed by atoms with Gasteiger partial charge in [0.25, 0.3) is 0 Å². The van der Waals surface area contributed by atoms with Crippen molar-refractivity contribution in [2.45, 2.75) is 20.0 Å². The summed E-state index contributed by atoms with van der Waals surface area (Å²) < 4.78 is 5.24. The van der Waals surface area contributed by atoms with Crippen LogP contribution in [-0.4, -0.2) is 0 Å². The topological polar surface area (TPSA) is 25.2 Å². The molecule has 2 aromatic rings. The van der Waals surface area contributed by atoms with Crippen molar-refractivity contribution in [1.29, 1.82) is 0 Å². The lowest BCUT2D eigenvalue weighted by atomic mass is 10.1. The minimum Gasteiger partial charge on any atom is -0.468 e. The molecule has 2 rings (SSSR count). The molecule has 2 nitrogen and oxygen atoms in total. The van der Waals surface area contributed by atoms with Gasteiger partial charge in [0.05, 0.1) is 12.8 Å². The Morgan fingerprint density at radius 2 is 2.12 bits per heavy atom. The first-order valence-electron chi connectivity index (χ1n) is 5.24. The first-order valence-corrected chi connectivity index (χ1v) is 5.61. The molecule has 16 heavy (non-hydrogen) atoms. The predicted molar refractivity (Wildman–Crippen MR) is 65.4 cm³/mol. The van der Waals surface area contributed by atoms with Crippen molar-refractivity contribution < 1.29 is 4.42 Å².